The number of nitriles is 1. The number of nitrogens with zero attached hydrogens (tertiary/aromatic N) is 5. The first-order valence-electron chi connectivity index (χ1n) is 8.99. The number of piperidine rings is 1. The minimum Gasteiger partial charge on any atom is -0.353 e. The van der Waals surface area contributed by atoms with Crippen LogP contribution in [-0.2, 0) is 0 Å². The molecule has 1 fully saturated rings. The van der Waals surface area contributed by atoms with Crippen molar-refractivity contribution in [2.75, 3.05) is 37.4 Å². The number of rotatable bonds is 4. The third kappa shape index (κ3) is 4.65. The molecule has 0 aliphatic carbocycles. The average molecular weight is 383 g/mol. The Bertz CT molecular complexity index is 879. The number of benzene rings is 1. The van der Waals surface area contributed by atoms with Crippen molar-refractivity contribution >= 4 is 23.4 Å². The highest BCUT2D eigenvalue weighted by Crippen LogP contribution is 2.23. The number of urea groups is 1. The molecule has 0 unspecified atom stereocenters. The number of hydrogen-bond donors (Lipinski definition) is 2. The molecule has 2 amide bonds. The number of carbonyl (C=O) groups excluding carboxylic acids is 1. The van der Waals surface area contributed by atoms with E-state index >= 15 is 0 Å². The van der Waals surface area contributed by atoms with Crippen LogP contribution in [0, 0.1) is 17.1 Å². The molecule has 1 aromatic carbocycles. The van der Waals surface area contributed by atoms with Gasteiger partial charge in [0.05, 0.1) is 6.20 Å². The van der Waals surface area contributed by atoms with Crippen LogP contribution in [0.25, 0.3) is 0 Å². The van der Waals surface area contributed by atoms with Gasteiger partial charge in [0, 0.05) is 38.9 Å². The zero-order valence-electron chi connectivity index (χ0n) is 15.8. The Morgan fingerprint density at radius 1 is 1.36 bits per heavy atom. The molecule has 0 saturated carbocycles. The second-order valence-corrected chi connectivity index (χ2v) is 6.80. The van der Waals surface area contributed by atoms with E-state index < -0.39 is 0 Å². The monoisotopic (exact) mass is 383 g/mol. The number of nitrogens with one attached hydrogen (secondary N) is 2. The third-order valence-corrected chi connectivity index (χ3v) is 4.45. The van der Waals surface area contributed by atoms with E-state index in [4.69, 9.17) is 0 Å². The zero-order valence-corrected chi connectivity index (χ0v) is 15.8. The second kappa shape index (κ2) is 8.52. The van der Waals surface area contributed by atoms with E-state index in [1.807, 2.05) is 11.0 Å². The molecular formula is C19H22FN7O. The Balaban J connectivity index is 1.77. The van der Waals surface area contributed by atoms with E-state index in [0.29, 0.717) is 23.9 Å². The summed E-state index contributed by atoms with van der Waals surface area (Å²) in [7, 11) is 3.41. The fraction of sp³-hybridized carbons (Fsp3) is 0.368. The van der Waals surface area contributed by atoms with Gasteiger partial charge in [-0.15, -0.1) is 0 Å². The van der Waals surface area contributed by atoms with E-state index in [-0.39, 0.29) is 23.6 Å². The first-order valence-corrected chi connectivity index (χ1v) is 8.99. The number of amides is 2. The van der Waals surface area contributed by atoms with Gasteiger partial charge in [0.2, 0.25) is 0 Å². The quantitative estimate of drug-likeness (QED) is 0.842. The van der Waals surface area contributed by atoms with Gasteiger partial charge < -0.3 is 20.4 Å². The summed E-state index contributed by atoms with van der Waals surface area (Å²) in [6.07, 6.45) is 3.35. The molecule has 9 heteroatoms. The maximum Gasteiger partial charge on any atom is 0.317 e. The smallest absolute Gasteiger partial charge is 0.317 e. The number of hydrogen-bond acceptors (Lipinski definition) is 6. The Morgan fingerprint density at radius 3 is 2.79 bits per heavy atom. The minimum atomic E-state index is -0.343. The van der Waals surface area contributed by atoms with Crippen molar-refractivity contribution in [2.24, 2.45) is 0 Å². The molecule has 2 aromatic rings. The van der Waals surface area contributed by atoms with Gasteiger partial charge in [-0.3, -0.25) is 0 Å². The Labute approximate surface area is 163 Å². The first kappa shape index (κ1) is 19.4. The Morgan fingerprint density at radius 2 is 2.11 bits per heavy atom. The van der Waals surface area contributed by atoms with Crippen LogP contribution in [0.5, 0.6) is 0 Å². The van der Waals surface area contributed by atoms with Crippen LogP contribution in [-0.4, -0.2) is 54.1 Å². The molecule has 0 radical (unpaired) electrons. The van der Waals surface area contributed by atoms with Crippen LogP contribution in [0.2, 0.25) is 0 Å². The average Bonchev–Trinajstić information content (AvgIpc) is 2.70. The van der Waals surface area contributed by atoms with Crippen LogP contribution >= 0.6 is 0 Å². The molecule has 2 heterocycles. The molecular weight excluding hydrogens is 361 g/mol. The van der Waals surface area contributed by atoms with Gasteiger partial charge >= 0.3 is 6.03 Å². The van der Waals surface area contributed by atoms with Gasteiger partial charge in [0.1, 0.15) is 17.7 Å². The summed E-state index contributed by atoms with van der Waals surface area (Å²) in [5, 5.41) is 15.3. The van der Waals surface area contributed by atoms with Gasteiger partial charge in [0.25, 0.3) is 0 Å². The topological polar surface area (TPSA) is 97.2 Å². The van der Waals surface area contributed by atoms with Gasteiger partial charge in [-0.05, 0) is 37.1 Å². The van der Waals surface area contributed by atoms with E-state index in [1.165, 1.54) is 17.0 Å². The molecule has 0 bridgehead atoms. The summed E-state index contributed by atoms with van der Waals surface area (Å²) in [5.41, 5.74) is 0.765. The fourth-order valence-corrected chi connectivity index (χ4v) is 2.98. The molecule has 0 spiro atoms. The van der Waals surface area contributed by atoms with Crippen molar-refractivity contribution < 1.29 is 9.18 Å². The van der Waals surface area contributed by atoms with E-state index in [9.17, 15) is 14.4 Å². The van der Waals surface area contributed by atoms with Crippen LogP contribution in [0.4, 0.5) is 26.5 Å². The lowest BCUT2D eigenvalue weighted by Gasteiger charge is -2.34. The van der Waals surface area contributed by atoms with E-state index in [2.05, 4.69) is 20.6 Å². The molecule has 1 atom stereocenters. The normalized spacial score (nSPS) is 16.2. The predicted molar refractivity (Wildman–Crippen MR) is 104 cm³/mol. The van der Waals surface area contributed by atoms with Crippen LogP contribution in [0.1, 0.15) is 18.5 Å². The summed E-state index contributed by atoms with van der Waals surface area (Å²) < 4.78 is 13.1. The number of halogens is 1. The summed E-state index contributed by atoms with van der Waals surface area (Å²) >= 11 is 0. The highest BCUT2D eigenvalue weighted by Gasteiger charge is 2.24. The molecule has 1 aliphatic heterocycles. The molecule has 1 aliphatic rings. The van der Waals surface area contributed by atoms with Gasteiger partial charge in [-0.1, -0.05) is 0 Å². The predicted octanol–water partition coefficient (Wildman–Crippen LogP) is 2.47. The summed E-state index contributed by atoms with van der Waals surface area (Å²) in [5.74, 6) is 0.587. The minimum absolute atomic E-state index is 0.00889. The maximum absolute atomic E-state index is 13.1. The largest absolute Gasteiger partial charge is 0.353 e. The molecule has 1 aromatic heterocycles. The van der Waals surface area contributed by atoms with Crippen molar-refractivity contribution in [1.82, 2.24) is 20.2 Å². The molecule has 28 heavy (non-hydrogen) atoms. The summed E-state index contributed by atoms with van der Waals surface area (Å²) in [6, 6.07) is 7.69. The number of aromatic nitrogens is 2. The fourth-order valence-electron chi connectivity index (χ4n) is 2.98. The Hall–Kier alpha value is -3.41. The molecule has 146 valence electrons. The SMILES string of the molecule is CN(C)C(=O)N[C@@H]1CCCN(c2cnc(C#N)c(Nc3ccc(F)cc3)n2)C1. The highest BCUT2D eigenvalue weighted by atomic mass is 19.1. The summed E-state index contributed by atoms with van der Waals surface area (Å²) in [4.78, 5) is 24.2. The standard InChI is InChI=1S/C19H22FN7O/c1-26(2)19(28)24-15-4-3-9-27(12-15)17-11-22-16(10-21)18(25-17)23-14-7-5-13(20)6-8-14/h5-8,11,15H,3-4,9,12H2,1-2H3,(H,23,25)(H,24,28)/t15-/m1/s1. The molecule has 8 nitrogen and oxygen atoms in total. The lowest BCUT2D eigenvalue weighted by Crippen LogP contribution is -2.50. The lowest BCUT2D eigenvalue weighted by atomic mass is 10.1. The maximum atomic E-state index is 13.1. The van der Waals surface area contributed by atoms with Gasteiger partial charge in [-0.2, -0.15) is 5.26 Å². The highest BCUT2D eigenvalue weighted by molar-refractivity contribution is 5.74. The van der Waals surface area contributed by atoms with Crippen molar-refractivity contribution in [2.45, 2.75) is 18.9 Å². The molecule has 3 rings (SSSR count). The van der Waals surface area contributed by atoms with E-state index in [1.54, 1.807) is 32.4 Å². The second-order valence-electron chi connectivity index (χ2n) is 6.80. The van der Waals surface area contributed by atoms with Crippen molar-refractivity contribution in [3.05, 3.63) is 42.0 Å². The van der Waals surface area contributed by atoms with Crippen molar-refractivity contribution in [3.8, 4) is 6.07 Å². The van der Waals surface area contributed by atoms with E-state index in [0.717, 1.165) is 19.4 Å². The Kier molecular flexibility index (Phi) is 5.89. The zero-order chi connectivity index (χ0) is 20.1. The molecule has 1 saturated heterocycles. The first-order chi connectivity index (χ1) is 13.5. The molecule has 2 N–H and O–H groups in total. The number of carbonyl (C=O) groups is 1. The number of anilines is 3. The third-order valence-electron chi connectivity index (χ3n) is 4.45. The van der Waals surface area contributed by atoms with Crippen LogP contribution in [0.3, 0.4) is 0 Å². The van der Waals surface area contributed by atoms with Crippen molar-refractivity contribution in [3.63, 3.8) is 0 Å². The summed E-state index contributed by atoms with van der Waals surface area (Å²) in [6.45, 7) is 1.39. The van der Waals surface area contributed by atoms with Crippen molar-refractivity contribution in [1.29, 1.82) is 5.26 Å². The van der Waals surface area contributed by atoms with Gasteiger partial charge in [-0.25, -0.2) is 19.2 Å². The lowest BCUT2D eigenvalue weighted by molar-refractivity contribution is 0.211. The van der Waals surface area contributed by atoms with Gasteiger partial charge in [0.15, 0.2) is 11.5 Å². The van der Waals surface area contributed by atoms with Crippen LogP contribution < -0.4 is 15.5 Å². The van der Waals surface area contributed by atoms with Crippen LogP contribution in [0.15, 0.2) is 30.5 Å².